The van der Waals surface area contributed by atoms with Gasteiger partial charge in [0.15, 0.2) is 0 Å². The Bertz CT molecular complexity index is 439. The molecule has 0 saturated heterocycles. The molecule has 21 heavy (non-hydrogen) atoms. The van der Waals surface area contributed by atoms with Gasteiger partial charge in [0.25, 0.3) is 0 Å². The van der Waals surface area contributed by atoms with Crippen LogP contribution in [0.15, 0.2) is 24.3 Å². The number of para-hydroxylation sites is 1. The molecule has 3 nitrogen and oxygen atoms in total. The van der Waals surface area contributed by atoms with Gasteiger partial charge in [0.05, 0.1) is 12.6 Å². The highest BCUT2D eigenvalue weighted by molar-refractivity contribution is 5.38. The van der Waals surface area contributed by atoms with Crippen molar-refractivity contribution in [1.29, 1.82) is 0 Å². The Morgan fingerprint density at radius 1 is 1.19 bits per heavy atom. The Morgan fingerprint density at radius 3 is 2.48 bits per heavy atom. The Labute approximate surface area is 129 Å². The molecule has 0 aliphatic heterocycles. The quantitative estimate of drug-likeness (QED) is 0.867. The van der Waals surface area contributed by atoms with Gasteiger partial charge < -0.3 is 15.4 Å². The molecule has 1 atom stereocenters. The molecule has 1 fully saturated rings. The van der Waals surface area contributed by atoms with Gasteiger partial charge in [-0.15, -0.1) is 0 Å². The standard InChI is InChI=1S/C18H30N2O/c1-4-14-21-16-11-7-6-10-15(16)17(19)18(20(2)3)12-8-5-9-13-18/h6-7,10-11,17H,4-5,8-9,12-14,19H2,1-3H3. The van der Waals surface area contributed by atoms with Gasteiger partial charge in [-0.25, -0.2) is 0 Å². The van der Waals surface area contributed by atoms with Gasteiger partial charge in [0.1, 0.15) is 5.75 Å². The van der Waals surface area contributed by atoms with Crippen LogP contribution >= 0.6 is 0 Å². The summed E-state index contributed by atoms with van der Waals surface area (Å²) in [5, 5.41) is 0. The highest BCUT2D eigenvalue weighted by atomic mass is 16.5. The molecule has 1 aromatic carbocycles. The first kappa shape index (κ1) is 16.3. The third-order valence-corrected chi connectivity index (χ3v) is 4.90. The van der Waals surface area contributed by atoms with E-state index in [1.807, 2.05) is 6.07 Å². The largest absolute Gasteiger partial charge is 0.493 e. The average Bonchev–Trinajstić information content (AvgIpc) is 2.53. The van der Waals surface area contributed by atoms with Gasteiger partial charge in [-0.1, -0.05) is 44.4 Å². The predicted molar refractivity (Wildman–Crippen MR) is 88.7 cm³/mol. The van der Waals surface area contributed by atoms with Gasteiger partial charge >= 0.3 is 0 Å². The summed E-state index contributed by atoms with van der Waals surface area (Å²) in [6.45, 7) is 2.88. The average molecular weight is 290 g/mol. The topological polar surface area (TPSA) is 38.5 Å². The number of ether oxygens (including phenoxy) is 1. The summed E-state index contributed by atoms with van der Waals surface area (Å²) >= 11 is 0. The lowest BCUT2D eigenvalue weighted by molar-refractivity contribution is 0.0701. The summed E-state index contributed by atoms with van der Waals surface area (Å²) in [7, 11) is 4.33. The lowest BCUT2D eigenvalue weighted by Gasteiger charge is -2.47. The minimum absolute atomic E-state index is 0.000793. The Morgan fingerprint density at radius 2 is 1.86 bits per heavy atom. The van der Waals surface area contributed by atoms with Crippen LogP contribution in [0.3, 0.4) is 0 Å². The van der Waals surface area contributed by atoms with Crippen LogP contribution in [-0.4, -0.2) is 31.1 Å². The maximum absolute atomic E-state index is 6.76. The minimum Gasteiger partial charge on any atom is -0.493 e. The van der Waals surface area contributed by atoms with Crippen LogP contribution in [0.25, 0.3) is 0 Å². The van der Waals surface area contributed by atoms with Crippen LogP contribution in [0.1, 0.15) is 57.1 Å². The molecule has 2 N–H and O–H groups in total. The maximum atomic E-state index is 6.76. The van der Waals surface area contributed by atoms with Crippen molar-refractivity contribution < 1.29 is 4.74 Å². The van der Waals surface area contributed by atoms with E-state index in [-0.39, 0.29) is 11.6 Å². The molecule has 1 aromatic rings. The SMILES string of the molecule is CCCOc1ccccc1C(N)C1(N(C)C)CCCCC1. The van der Waals surface area contributed by atoms with Crippen molar-refractivity contribution in [3.63, 3.8) is 0 Å². The lowest BCUT2D eigenvalue weighted by Crippen LogP contribution is -2.53. The summed E-state index contributed by atoms with van der Waals surface area (Å²) in [6, 6.07) is 8.29. The molecule has 0 bridgehead atoms. The van der Waals surface area contributed by atoms with Gasteiger partial charge in [-0.05, 0) is 39.4 Å². The highest BCUT2D eigenvalue weighted by Crippen LogP contribution is 2.42. The Kier molecular flexibility index (Phi) is 5.65. The predicted octanol–water partition coefficient (Wildman–Crippen LogP) is 3.74. The molecule has 1 saturated carbocycles. The molecule has 0 heterocycles. The number of nitrogens with zero attached hydrogens (tertiary/aromatic N) is 1. The number of rotatable bonds is 6. The van der Waals surface area contributed by atoms with Gasteiger partial charge in [-0.2, -0.15) is 0 Å². The van der Waals surface area contributed by atoms with Crippen LogP contribution in [0.5, 0.6) is 5.75 Å². The molecular weight excluding hydrogens is 260 g/mol. The van der Waals surface area contributed by atoms with E-state index in [0.717, 1.165) is 24.3 Å². The molecule has 2 rings (SSSR count). The molecule has 118 valence electrons. The number of likely N-dealkylation sites (N-methyl/N-ethyl adjacent to an activating group) is 1. The monoisotopic (exact) mass is 290 g/mol. The van der Waals surface area contributed by atoms with Crippen molar-refractivity contribution in [2.45, 2.75) is 57.0 Å². The van der Waals surface area contributed by atoms with Crippen molar-refractivity contribution >= 4 is 0 Å². The van der Waals surface area contributed by atoms with Crippen molar-refractivity contribution in [1.82, 2.24) is 4.90 Å². The number of hydrogen-bond acceptors (Lipinski definition) is 3. The molecule has 1 unspecified atom stereocenters. The number of nitrogens with two attached hydrogens (primary N) is 1. The zero-order valence-electron chi connectivity index (χ0n) is 13.8. The van der Waals surface area contributed by atoms with Gasteiger partial charge in [0, 0.05) is 11.1 Å². The smallest absolute Gasteiger partial charge is 0.124 e. The van der Waals surface area contributed by atoms with E-state index in [0.29, 0.717) is 0 Å². The van der Waals surface area contributed by atoms with Crippen LogP contribution < -0.4 is 10.5 Å². The van der Waals surface area contributed by atoms with E-state index in [9.17, 15) is 0 Å². The van der Waals surface area contributed by atoms with Crippen molar-refractivity contribution in [2.75, 3.05) is 20.7 Å². The van der Waals surface area contributed by atoms with E-state index in [1.165, 1.54) is 32.1 Å². The molecular formula is C18H30N2O. The first-order chi connectivity index (χ1) is 10.1. The van der Waals surface area contributed by atoms with Crippen LogP contribution in [-0.2, 0) is 0 Å². The number of benzene rings is 1. The summed E-state index contributed by atoms with van der Waals surface area (Å²) in [4.78, 5) is 2.34. The fourth-order valence-electron chi connectivity index (χ4n) is 3.57. The van der Waals surface area contributed by atoms with E-state index in [2.05, 4.69) is 44.1 Å². The van der Waals surface area contributed by atoms with E-state index in [1.54, 1.807) is 0 Å². The third-order valence-electron chi connectivity index (χ3n) is 4.90. The summed E-state index contributed by atoms with van der Waals surface area (Å²) in [6.07, 6.45) is 7.22. The molecule has 1 aliphatic rings. The second-order valence-corrected chi connectivity index (χ2v) is 6.42. The summed E-state index contributed by atoms with van der Waals surface area (Å²) < 4.78 is 5.92. The third kappa shape index (κ3) is 3.41. The van der Waals surface area contributed by atoms with Crippen molar-refractivity contribution in [3.05, 3.63) is 29.8 Å². The second-order valence-electron chi connectivity index (χ2n) is 6.42. The fraction of sp³-hybridized carbons (Fsp3) is 0.667. The van der Waals surface area contributed by atoms with Gasteiger partial charge in [-0.3, -0.25) is 0 Å². The molecule has 0 spiro atoms. The Balaban J connectivity index is 2.30. The Hall–Kier alpha value is -1.06. The maximum Gasteiger partial charge on any atom is 0.124 e. The van der Waals surface area contributed by atoms with Crippen LogP contribution in [0, 0.1) is 0 Å². The minimum atomic E-state index is 0.000793. The molecule has 0 amide bonds. The van der Waals surface area contributed by atoms with Gasteiger partial charge in [0.2, 0.25) is 0 Å². The van der Waals surface area contributed by atoms with Crippen molar-refractivity contribution in [2.24, 2.45) is 5.73 Å². The van der Waals surface area contributed by atoms with Crippen molar-refractivity contribution in [3.8, 4) is 5.75 Å². The first-order valence-corrected chi connectivity index (χ1v) is 8.26. The summed E-state index contributed by atoms with van der Waals surface area (Å²) in [5.74, 6) is 0.957. The normalized spacial score (nSPS) is 19.5. The fourth-order valence-corrected chi connectivity index (χ4v) is 3.57. The zero-order chi connectivity index (χ0) is 15.3. The number of hydrogen-bond donors (Lipinski definition) is 1. The summed E-state index contributed by atoms with van der Waals surface area (Å²) in [5.41, 5.74) is 7.97. The first-order valence-electron chi connectivity index (χ1n) is 8.26. The van der Waals surface area contributed by atoms with E-state index >= 15 is 0 Å². The molecule has 0 radical (unpaired) electrons. The highest BCUT2D eigenvalue weighted by Gasteiger charge is 2.41. The molecule has 1 aliphatic carbocycles. The van der Waals surface area contributed by atoms with E-state index in [4.69, 9.17) is 10.5 Å². The van der Waals surface area contributed by atoms with Crippen LogP contribution in [0.4, 0.5) is 0 Å². The lowest BCUT2D eigenvalue weighted by atomic mass is 9.73. The molecule has 0 aromatic heterocycles. The van der Waals surface area contributed by atoms with E-state index < -0.39 is 0 Å². The van der Waals surface area contributed by atoms with Crippen LogP contribution in [0.2, 0.25) is 0 Å². The zero-order valence-corrected chi connectivity index (χ0v) is 13.8. The molecule has 3 heteroatoms. The second kappa shape index (κ2) is 7.28.